The molecule has 1 aliphatic carbocycles. The van der Waals surface area contributed by atoms with E-state index in [9.17, 15) is 10.1 Å². The van der Waals surface area contributed by atoms with Gasteiger partial charge in [0, 0.05) is 43.7 Å². The topological polar surface area (TPSA) is 79.2 Å². The lowest BCUT2D eigenvalue weighted by molar-refractivity contribution is -0.124. The van der Waals surface area contributed by atoms with Crippen molar-refractivity contribution < 1.29 is 4.79 Å². The number of carbonyl (C=O) groups excluding carboxylic acids is 1. The number of rotatable bonds is 3. The molecule has 0 radical (unpaired) electrons. The van der Waals surface area contributed by atoms with Crippen molar-refractivity contribution in [1.29, 1.82) is 5.26 Å². The molecule has 2 atom stereocenters. The molecule has 0 aromatic carbocycles. The first-order valence-corrected chi connectivity index (χ1v) is 9.25. The number of hydrogen-bond acceptors (Lipinski definition) is 4. The molecule has 1 amide bonds. The fourth-order valence-electron chi connectivity index (χ4n) is 4.44. The van der Waals surface area contributed by atoms with E-state index in [4.69, 9.17) is 0 Å². The van der Waals surface area contributed by atoms with E-state index in [-0.39, 0.29) is 17.7 Å². The Hall–Kier alpha value is -3.14. The van der Waals surface area contributed by atoms with Crippen LogP contribution < -0.4 is 4.90 Å². The van der Waals surface area contributed by atoms with Gasteiger partial charge in [-0.25, -0.2) is 4.52 Å². The van der Waals surface area contributed by atoms with Gasteiger partial charge in [-0.1, -0.05) is 6.92 Å². The molecule has 0 N–H and O–H groups in total. The lowest BCUT2D eigenvalue weighted by atomic mass is 9.75. The molecule has 2 fully saturated rings. The summed E-state index contributed by atoms with van der Waals surface area (Å²) in [4.78, 5) is 15.1. The standard InChI is InChI=1S/C20H20N6O/c1-13-10-25(19(27)20(13,12-21)15-3-4-15)17-5-7-22-26-11-14(9-18(17)26)16-6-8-24(2)23-16/h5-9,11,13,15H,3-4,10H2,1-2H3/t13-,20+/m1/s1. The van der Waals surface area contributed by atoms with Gasteiger partial charge in [-0.15, -0.1) is 0 Å². The maximum absolute atomic E-state index is 13.3. The van der Waals surface area contributed by atoms with Crippen LogP contribution >= 0.6 is 0 Å². The molecule has 2 aliphatic rings. The highest BCUT2D eigenvalue weighted by Gasteiger charge is 2.61. The van der Waals surface area contributed by atoms with E-state index in [0.717, 1.165) is 35.3 Å². The monoisotopic (exact) mass is 360 g/mol. The van der Waals surface area contributed by atoms with Crippen LogP contribution in [-0.2, 0) is 11.8 Å². The van der Waals surface area contributed by atoms with Crippen LogP contribution in [0.15, 0.2) is 36.8 Å². The summed E-state index contributed by atoms with van der Waals surface area (Å²) < 4.78 is 3.54. The van der Waals surface area contributed by atoms with Crippen LogP contribution in [0.1, 0.15) is 19.8 Å². The third kappa shape index (κ3) is 2.16. The molecule has 3 aromatic heterocycles. The van der Waals surface area contributed by atoms with Gasteiger partial charge in [0.2, 0.25) is 5.91 Å². The lowest BCUT2D eigenvalue weighted by Crippen LogP contribution is -2.37. The minimum Gasteiger partial charge on any atom is -0.309 e. The summed E-state index contributed by atoms with van der Waals surface area (Å²) in [7, 11) is 1.88. The lowest BCUT2D eigenvalue weighted by Gasteiger charge is -2.23. The summed E-state index contributed by atoms with van der Waals surface area (Å²) in [5.74, 6) is 0.151. The van der Waals surface area contributed by atoms with Gasteiger partial charge >= 0.3 is 0 Å². The zero-order chi connectivity index (χ0) is 18.8. The van der Waals surface area contributed by atoms with Crippen LogP contribution in [-0.4, -0.2) is 31.8 Å². The molecule has 5 rings (SSSR count). The van der Waals surface area contributed by atoms with Gasteiger partial charge < -0.3 is 4.90 Å². The number of nitriles is 1. The number of nitrogens with zero attached hydrogens (tertiary/aromatic N) is 6. The average Bonchev–Trinajstić information content (AvgIpc) is 3.16. The molecule has 7 heteroatoms. The van der Waals surface area contributed by atoms with E-state index in [1.165, 1.54) is 0 Å². The van der Waals surface area contributed by atoms with Crippen molar-refractivity contribution in [3.8, 4) is 17.3 Å². The molecule has 1 saturated carbocycles. The molecule has 0 unspecified atom stereocenters. The molecular formula is C20H20N6O. The molecule has 136 valence electrons. The van der Waals surface area contributed by atoms with Crippen LogP contribution in [0.2, 0.25) is 0 Å². The van der Waals surface area contributed by atoms with Crippen molar-refractivity contribution in [3.05, 3.63) is 36.8 Å². The Labute approximate surface area is 156 Å². The van der Waals surface area contributed by atoms with Gasteiger partial charge in [0.25, 0.3) is 0 Å². The first-order valence-electron chi connectivity index (χ1n) is 9.25. The molecule has 1 aliphatic heterocycles. The van der Waals surface area contributed by atoms with Crippen LogP contribution in [0.3, 0.4) is 0 Å². The highest BCUT2D eigenvalue weighted by molar-refractivity contribution is 6.05. The maximum Gasteiger partial charge on any atom is 0.248 e. The zero-order valence-electron chi connectivity index (χ0n) is 15.3. The number of carbonyl (C=O) groups is 1. The van der Waals surface area contributed by atoms with Crippen molar-refractivity contribution in [2.75, 3.05) is 11.4 Å². The summed E-state index contributed by atoms with van der Waals surface area (Å²) in [5.41, 5.74) is 2.59. The third-order valence-corrected chi connectivity index (χ3v) is 6.03. The summed E-state index contributed by atoms with van der Waals surface area (Å²) in [6.45, 7) is 2.59. The van der Waals surface area contributed by atoms with Gasteiger partial charge in [0.05, 0.1) is 23.0 Å². The molecule has 0 spiro atoms. The van der Waals surface area contributed by atoms with Crippen LogP contribution in [0.25, 0.3) is 16.8 Å². The van der Waals surface area contributed by atoms with Crippen molar-refractivity contribution in [2.45, 2.75) is 19.8 Å². The molecule has 7 nitrogen and oxygen atoms in total. The molecule has 4 heterocycles. The number of fused-ring (bicyclic) bond motifs is 1. The number of anilines is 1. The van der Waals surface area contributed by atoms with Crippen LogP contribution in [0.5, 0.6) is 0 Å². The molecule has 0 bridgehead atoms. The predicted molar refractivity (Wildman–Crippen MR) is 99.7 cm³/mol. The summed E-state index contributed by atoms with van der Waals surface area (Å²) in [6.07, 6.45) is 7.46. The second kappa shape index (κ2) is 5.43. The van der Waals surface area contributed by atoms with Gasteiger partial charge in [-0.2, -0.15) is 15.5 Å². The average molecular weight is 360 g/mol. The summed E-state index contributed by atoms with van der Waals surface area (Å²) in [5, 5.41) is 18.7. The predicted octanol–water partition coefficient (Wildman–Crippen LogP) is 2.64. The quantitative estimate of drug-likeness (QED) is 0.719. The fraction of sp³-hybridized carbons (Fsp3) is 0.400. The Morgan fingerprint density at radius 1 is 1.33 bits per heavy atom. The van der Waals surface area contributed by atoms with Gasteiger partial charge in [0.1, 0.15) is 5.41 Å². The largest absolute Gasteiger partial charge is 0.309 e. The van der Waals surface area contributed by atoms with Crippen molar-refractivity contribution in [3.63, 3.8) is 0 Å². The highest BCUT2D eigenvalue weighted by atomic mass is 16.2. The van der Waals surface area contributed by atoms with Crippen molar-refractivity contribution in [2.24, 2.45) is 24.3 Å². The first-order chi connectivity index (χ1) is 13.0. The Morgan fingerprint density at radius 3 is 2.81 bits per heavy atom. The third-order valence-electron chi connectivity index (χ3n) is 6.03. The number of aromatic nitrogens is 4. The van der Waals surface area contributed by atoms with Crippen molar-refractivity contribution in [1.82, 2.24) is 19.4 Å². The van der Waals surface area contributed by atoms with Gasteiger partial charge in [-0.05, 0) is 37.0 Å². The van der Waals surface area contributed by atoms with E-state index in [1.54, 1.807) is 20.3 Å². The normalized spacial score (nSPS) is 25.3. The second-order valence-electron chi connectivity index (χ2n) is 7.72. The highest BCUT2D eigenvalue weighted by Crippen LogP contribution is 2.54. The van der Waals surface area contributed by atoms with E-state index in [1.807, 2.05) is 44.6 Å². The molecule has 1 saturated heterocycles. The smallest absolute Gasteiger partial charge is 0.248 e. The summed E-state index contributed by atoms with van der Waals surface area (Å²) in [6, 6.07) is 8.21. The molecule has 3 aromatic rings. The second-order valence-corrected chi connectivity index (χ2v) is 7.72. The van der Waals surface area contributed by atoms with E-state index in [2.05, 4.69) is 16.3 Å². The Balaban J connectivity index is 1.60. The number of amides is 1. The molecular weight excluding hydrogens is 340 g/mol. The zero-order valence-corrected chi connectivity index (χ0v) is 15.3. The Kier molecular flexibility index (Phi) is 3.23. The van der Waals surface area contributed by atoms with E-state index in [0.29, 0.717) is 6.54 Å². The Morgan fingerprint density at radius 2 is 2.15 bits per heavy atom. The maximum atomic E-state index is 13.3. The van der Waals surface area contributed by atoms with E-state index < -0.39 is 5.41 Å². The van der Waals surface area contributed by atoms with Gasteiger partial charge in [0.15, 0.2) is 0 Å². The van der Waals surface area contributed by atoms with E-state index >= 15 is 0 Å². The minimum atomic E-state index is -0.878. The fourth-order valence-corrected chi connectivity index (χ4v) is 4.44. The number of hydrogen-bond donors (Lipinski definition) is 0. The Bertz CT molecular complexity index is 1100. The van der Waals surface area contributed by atoms with Crippen LogP contribution in [0, 0.1) is 28.6 Å². The number of aryl methyl sites for hydroxylation is 1. The summed E-state index contributed by atoms with van der Waals surface area (Å²) >= 11 is 0. The van der Waals surface area contributed by atoms with Crippen LogP contribution in [0.4, 0.5) is 5.69 Å². The molecule has 27 heavy (non-hydrogen) atoms. The minimum absolute atomic E-state index is 0.0148. The van der Waals surface area contributed by atoms with Crippen molar-refractivity contribution >= 4 is 17.1 Å². The first kappa shape index (κ1) is 16.1. The van der Waals surface area contributed by atoms with Gasteiger partial charge in [-0.3, -0.25) is 9.48 Å². The SMILES string of the molecule is C[C@@H]1CN(c2ccnn3cc(-c4ccn(C)n4)cc23)C(=O)[C@]1(C#N)C1CC1.